The average Bonchev–Trinajstić information content (AvgIpc) is 3.51. The number of piperidine rings is 1. The molecule has 2 aromatic heterocycles. The topological polar surface area (TPSA) is 76.3 Å². The number of para-hydroxylation sites is 1. The zero-order valence-electron chi connectivity index (χ0n) is 17.9. The number of aromatic nitrogens is 1. The standard InChI is InChI=1S/C25H19F2N3O3.ClH/c26-17-11-13-7-10-33-23(13)21(22(17)27)20-19(24(31)29-25(20)32)16-12-30(14-5-8-28-9-6-14)18-4-2-1-3-15(16)18;/h1-4,7,10-12,14,28H,5-6,8-9H2,(H,29,31,32);1H. The molecule has 0 atom stereocenters. The van der Waals surface area contributed by atoms with Gasteiger partial charge in [-0.1, -0.05) is 18.2 Å². The molecule has 4 heterocycles. The van der Waals surface area contributed by atoms with Gasteiger partial charge in [-0.25, -0.2) is 8.78 Å². The molecule has 0 bridgehead atoms. The summed E-state index contributed by atoms with van der Waals surface area (Å²) in [5.74, 6) is -3.77. The molecule has 0 unspecified atom stereocenters. The molecule has 9 heteroatoms. The van der Waals surface area contributed by atoms with E-state index in [0.717, 1.165) is 42.9 Å². The van der Waals surface area contributed by atoms with E-state index in [2.05, 4.69) is 15.2 Å². The predicted octanol–water partition coefficient (Wildman–Crippen LogP) is 4.58. The van der Waals surface area contributed by atoms with Gasteiger partial charge in [0.25, 0.3) is 11.8 Å². The van der Waals surface area contributed by atoms with Gasteiger partial charge in [-0.3, -0.25) is 14.9 Å². The molecule has 2 aliphatic rings. The van der Waals surface area contributed by atoms with Crippen LogP contribution in [-0.4, -0.2) is 29.5 Å². The summed E-state index contributed by atoms with van der Waals surface area (Å²) >= 11 is 0. The normalized spacial score (nSPS) is 17.0. The lowest BCUT2D eigenvalue weighted by Crippen LogP contribution is -2.29. The first kappa shape index (κ1) is 22.3. The maximum Gasteiger partial charge on any atom is 0.259 e. The number of benzene rings is 2. The van der Waals surface area contributed by atoms with Gasteiger partial charge in [0.2, 0.25) is 0 Å². The summed E-state index contributed by atoms with van der Waals surface area (Å²) in [6.07, 6.45) is 4.98. The monoisotopic (exact) mass is 483 g/mol. The number of nitrogens with one attached hydrogen (secondary N) is 2. The van der Waals surface area contributed by atoms with Crippen molar-refractivity contribution in [3.63, 3.8) is 0 Å². The van der Waals surface area contributed by atoms with Crippen molar-refractivity contribution in [1.29, 1.82) is 0 Å². The van der Waals surface area contributed by atoms with E-state index in [4.69, 9.17) is 4.42 Å². The molecule has 0 saturated carbocycles. The molecule has 2 aliphatic heterocycles. The SMILES string of the molecule is Cl.O=C1NC(=O)C(c2c(F)c(F)cc3ccoc23)=C1c1cn(C2CCNCC2)c2ccccc12. The Kier molecular flexibility index (Phi) is 5.50. The van der Waals surface area contributed by atoms with Crippen LogP contribution in [0, 0.1) is 11.6 Å². The van der Waals surface area contributed by atoms with Gasteiger partial charge in [-0.15, -0.1) is 12.4 Å². The first-order valence-electron chi connectivity index (χ1n) is 10.8. The Morgan fingerprint density at radius 3 is 2.53 bits per heavy atom. The molecule has 0 radical (unpaired) electrons. The van der Waals surface area contributed by atoms with E-state index in [9.17, 15) is 14.0 Å². The summed E-state index contributed by atoms with van der Waals surface area (Å²) in [4.78, 5) is 25.9. The molecule has 2 amide bonds. The largest absolute Gasteiger partial charge is 0.464 e. The number of furan rings is 1. The summed E-state index contributed by atoms with van der Waals surface area (Å²) in [7, 11) is 0. The second kappa shape index (κ2) is 8.38. The lowest BCUT2D eigenvalue weighted by Gasteiger charge is -2.25. The summed E-state index contributed by atoms with van der Waals surface area (Å²) < 4.78 is 37.0. The summed E-state index contributed by atoms with van der Waals surface area (Å²) in [5.41, 5.74) is 0.906. The van der Waals surface area contributed by atoms with Crippen molar-refractivity contribution in [2.24, 2.45) is 0 Å². The highest BCUT2D eigenvalue weighted by atomic mass is 35.5. The van der Waals surface area contributed by atoms with Crippen molar-refractivity contribution in [2.45, 2.75) is 18.9 Å². The van der Waals surface area contributed by atoms with Crippen LogP contribution in [0.3, 0.4) is 0 Å². The number of hydrogen-bond acceptors (Lipinski definition) is 4. The predicted molar refractivity (Wildman–Crippen MR) is 126 cm³/mol. The third-order valence-electron chi connectivity index (χ3n) is 6.53. The fourth-order valence-electron chi connectivity index (χ4n) is 5.02. The maximum atomic E-state index is 15.1. The van der Waals surface area contributed by atoms with Crippen LogP contribution < -0.4 is 10.6 Å². The number of carbonyl (C=O) groups is 2. The Hall–Kier alpha value is -3.49. The Morgan fingerprint density at radius 2 is 1.74 bits per heavy atom. The van der Waals surface area contributed by atoms with Gasteiger partial charge in [0.1, 0.15) is 5.58 Å². The molecule has 4 aromatic rings. The van der Waals surface area contributed by atoms with Crippen LogP contribution in [0.5, 0.6) is 0 Å². The van der Waals surface area contributed by atoms with Crippen LogP contribution in [0.15, 0.2) is 53.3 Å². The summed E-state index contributed by atoms with van der Waals surface area (Å²) in [6.45, 7) is 1.76. The Balaban J connectivity index is 0.00000241. The van der Waals surface area contributed by atoms with Gasteiger partial charge in [-0.2, -0.15) is 0 Å². The first-order chi connectivity index (χ1) is 16.0. The fraction of sp³-hybridized carbons (Fsp3) is 0.200. The number of fused-ring (bicyclic) bond motifs is 2. The van der Waals surface area contributed by atoms with Crippen LogP contribution in [0.4, 0.5) is 8.78 Å². The molecule has 0 spiro atoms. The van der Waals surface area contributed by atoms with E-state index in [1.54, 1.807) is 0 Å². The number of imide groups is 1. The van der Waals surface area contributed by atoms with E-state index < -0.39 is 23.4 Å². The van der Waals surface area contributed by atoms with Crippen molar-refractivity contribution >= 4 is 57.2 Å². The average molecular weight is 484 g/mol. The lowest BCUT2D eigenvalue weighted by molar-refractivity contribution is -0.122. The molecule has 6 rings (SSSR count). The zero-order chi connectivity index (χ0) is 22.7. The highest BCUT2D eigenvalue weighted by molar-refractivity contribution is 6.50. The van der Waals surface area contributed by atoms with E-state index >= 15 is 4.39 Å². The molecular weight excluding hydrogens is 464 g/mol. The van der Waals surface area contributed by atoms with Gasteiger partial charge in [0.15, 0.2) is 11.6 Å². The molecule has 1 fully saturated rings. The third-order valence-corrected chi connectivity index (χ3v) is 6.53. The minimum atomic E-state index is -1.23. The number of amides is 2. The quantitative estimate of drug-likeness (QED) is 0.418. The molecule has 34 heavy (non-hydrogen) atoms. The van der Waals surface area contributed by atoms with Gasteiger partial charge in [0, 0.05) is 34.1 Å². The van der Waals surface area contributed by atoms with E-state index in [1.165, 1.54) is 12.3 Å². The highest BCUT2D eigenvalue weighted by Gasteiger charge is 2.38. The van der Waals surface area contributed by atoms with E-state index in [0.29, 0.717) is 10.9 Å². The smallest absolute Gasteiger partial charge is 0.259 e. The van der Waals surface area contributed by atoms with Crippen molar-refractivity contribution < 1.29 is 22.8 Å². The second-order valence-corrected chi connectivity index (χ2v) is 8.37. The van der Waals surface area contributed by atoms with Crippen LogP contribution in [0.1, 0.15) is 30.0 Å². The molecule has 174 valence electrons. The minimum Gasteiger partial charge on any atom is -0.464 e. The van der Waals surface area contributed by atoms with Crippen molar-refractivity contribution in [3.8, 4) is 0 Å². The number of hydrogen-bond donors (Lipinski definition) is 2. The summed E-state index contributed by atoms with van der Waals surface area (Å²) in [6, 6.07) is 10.3. The number of halogens is 3. The van der Waals surface area contributed by atoms with Gasteiger partial charge >= 0.3 is 0 Å². The molecule has 1 saturated heterocycles. The van der Waals surface area contributed by atoms with Crippen LogP contribution in [0.2, 0.25) is 0 Å². The maximum absolute atomic E-state index is 15.1. The molecule has 0 aliphatic carbocycles. The molecular formula is C25H20ClF2N3O3. The first-order valence-corrected chi connectivity index (χ1v) is 10.8. The lowest BCUT2D eigenvalue weighted by atomic mass is 9.94. The van der Waals surface area contributed by atoms with Crippen molar-refractivity contribution in [2.75, 3.05) is 13.1 Å². The Labute approximate surface area is 199 Å². The minimum absolute atomic E-state index is 0. The number of nitrogens with zero attached hydrogens (tertiary/aromatic N) is 1. The van der Waals surface area contributed by atoms with Gasteiger partial charge < -0.3 is 14.3 Å². The molecule has 6 nitrogen and oxygen atoms in total. The van der Waals surface area contributed by atoms with E-state index in [1.807, 2.05) is 30.5 Å². The highest BCUT2D eigenvalue weighted by Crippen LogP contribution is 2.41. The van der Waals surface area contributed by atoms with Crippen LogP contribution in [-0.2, 0) is 9.59 Å². The fourth-order valence-corrected chi connectivity index (χ4v) is 5.02. The zero-order valence-corrected chi connectivity index (χ0v) is 18.7. The van der Waals surface area contributed by atoms with Crippen LogP contribution >= 0.6 is 12.4 Å². The molecule has 2 N–H and O–H groups in total. The molecule has 2 aromatic carbocycles. The van der Waals surface area contributed by atoms with E-state index in [-0.39, 0.29) is 40.7 Å². The summed E-state index contributed by atoms with van der Waals surface area (Å²) in [5, 5.41) is 6.68. The number of carbonyl (C=O) groups excluding carboxylic acids is 2. The van der Waals surface area contributed by atoms with Crippen LogP contribution in [0.25, 0.3) is 33.0 Å². The van der Waals surface area contributed by atoms with Crippen molar-refractivity contribution in [3.05, 3.63) is 71.6 Å². The second-order valence-electron chi connectivity index (χ2n) is 8.37. The third kappa shape index (κ3) is 3.25. The van der Waals surface area contributed by atoms with Gasteiger partial charge in [-0.05, 0) is 44.1 Å². The Bertz CT molecular complexity index is 1500. The number of rotatable bonds is 3. The Morgan fingerprint density at radius 1 is 1.00 bits per heavy atom. The van der Waals surface area contributed by atoms with Crippen molar-refractivity contribution in [1.82, 2.24) is 15.2 Å². The van der Waals surface area contributed by atoms with Gasteiger partial charge in [0.05, 0.1) is 23.0 Å².